The molecule has 1 aliphatic carbocycles. The van der Waals surface area contributed by atoms with Gasteiger partial charge >= 0.3 is 0 Å². The van der Waals surface area contributed by atoms with Crippen LogP contribution in [-0.4, -0.2) is 20.4 Å². The zero-order valence-electron chi connectivity index (χ0n) is 12.7. The van der Waals surface area contributed by atoms with Crippen LogP contribution in [0.4, 0.5) is 0 Å². The standard InChI is InChI=1S/C18H17N3O/c1-18(2)8-15-14(16(22)9-18)11-21-17(20-15)13(10-19-21)12-6-4-3-5-7-12/h3-7,10-11H,8-9H2,1-2H3. The highest BCUT2D eigenvalue weighted by molar-refractivity contribution is 5.98. The number of fused-ring (bicyclic) bond motifs is 2. The fourth-order valence-electron chi connectivity index (χ4n) is 3.18. The van der Waals surface area contributed by atoms with Crippen LogP contribution in [0, 0.1) is 5.41 Å². The number of hydrogen-bond donors (Lipinski definition) is 0. The van der Waals surface area contributed by atoms with Gasteiger partial charge in [0.25, 0.3) is 0 Å². The lowest BCUT2D eigenvalue weighted by atomic mass is 9.76. The first-order valence-corrected chi connectivity index (χ1v) is 7.49. The first-order chi connectivity index (χ1) is 10.5. The zero-order valence-corrected chi connectivity index (χ0v) is 12.7. The quantitative estimate of drug-likeness (QED) is 0.689. The minimum absolute atomic E-state index is 0.0254. The molecule has 0 fully saturated rings. The molecule has 22 heavy (non-hydrogen) atoms. The summed E-state index contributed by atoms with van der Waals surface area (Å²) in [6.45, 7) is 4.24. The van der Waals surface area contributed by atoms with Crippen LogP contribution in [0.25, 0.3) is 16.8 Å². The summed E-state index contributed by atoms with van der Waals surface area (Å²) in [5.41, 5.74) is 4.49. The maximum absolute atomic E-state index is 12.3. The van der Waals surface area contributed by atoms with Crippen molar-refractivity contribution in [1.82, 2.24) is 14.6 Å². The number of nitrogens with zero attached hydrogens (tertiary/aromatic N) is 3. The van der Waals surface area contributed by atoms with Crippen LogP contribution >= 0.6 is 0 Å². The fourth-order valence-corrected chi connectivity index (χ4v) is 3.18. The molecule has 0 saturated carbocycles. The largest absolute Gasteiger partial charge is 0.294 e. The molecule has 0 unspecified atom stereocenters. The normalized spacial score (nSPS) is 16.7. The summed E-state index contributed by atoms with van der Waals surface area (Å²) < 4.78 is 1.72. The van der Waals surface area contributed by atoms with Crippen LogP contribution in [-0.2, 0) is 6.42 Å². The van der Waals surface area contributed by atoms with Crippen molar-refractivity contribution in [1.29, 1.82) is 0 Å². The van der Waals surface area contributed by atoms with Gasteiger partial charge in [0.15, 0.2) is 11.4 Å². The van der Waals surface area contributed by atoms with Crippen LogP contribution in [0.15, 0.2) is 42.7 Å². The van der Waals surface area contributed by atoms with Crippen LogP contribution < -0.4 is 0 Å². The molecular formula is C18H17N3O. The Bertz CT molecular complexity index is 878. The SMILES string of the molecule is CC1(C)CC(=O)c2cn3ncc(-c4ccccc4)c3nc2C1. The van der Waals surface area contributed by atoms with E-state index >= 15 is 0 Å². The Labute approximate surface area is 128 Å². The number of rotatable bonds is 1. The van der Waals surface area contributed by atoms with E-state index in [0.29, 0.717) is 6.42 Å². The minimum atomic E-state index is -0.0254. The van der Waals surface area contributed by atoms with Crippen molar-refractivity contribution < 1.29 is 4.79 Å². The Balaban J connectivity index is 1.93. The number of carbonyl (C=O) groups excluding carboxylic acids is 1. The number of ketones is 1. The van der Waals surface area contributed by atoms with Crippen LogP contribution in [0.2, 0.25) is 0 Å². The molecule has 4 nitrogen and oxygen atoms in total. The summed E-state index contributed by atoms with van der Waals surface area (Å²) in [6.07, 6.45) is 5.05. The van der Waals surface area contributed by atoms with Gasteiger partial charge in [-0.1, -0.05) is 44.2 Å². The summed E-state index contributed by atoms with van der Waals surface area (Å²) in [5, 5.41) is 4.38. The van der Waals surface area contributed by atoms with E-state index in [4.69, 9.17) is 4.98 Å². The highest BCUT2D eigenvalue weighted by atomic mass is 16.1. The maximum atomic E-state index is 12.3. The van der Waals surface area contributed by atoms with Crippen molar-refractivity contribution in [3.8, 4) is 11.1 Å². The summed E-state index contributed by atoms with van der Waals surface area (Å²) in [6, 6.07) is 10.1. The molecule has 3 aromatic rings. The number of hydrogen-bond acceptors (Lipinski definition) is 3. The number of carbonyl (C=O) groups is 1. The predicted octanol–water partition coefficient (Wildman–Crippen LogP) is 3.55. The van der Waals surface area contributed by atoms with Crippen molar-refractivity contribution >= 4 is 11.4 Å². The van der Waals surface area contributed by atoms with E-state index in [2.05, 4.69) is 18.9 Å². The van der Waals surface area contributed by atoms with E-state index in [9.17, 15) is 4.79 Å². The molecule has 2 heterocycles. The first-order valence-electron chi connectivity index (χ1n) is 7.49. The Kier molecular flexibility index (Phi) is 2.70. The second-order valence-corrected chi connectivity index (χ2v) is 6.73. The van der Waals surface area contributed by atoms with Gasteiger partial charge in [0, 0.05) is 18.2 Å². The zero-order chi connectivity index (χ0) is 15.3. The lowest BCUT2D eigenvalue weighted by Gasteiger charge is -2.29. The van der Waals surface area contributed by atoms with Gasteiger partial charge in [-0.05, 0) is 17.4 Å². The van der Waals surface area contributed by atoms with E-state index < -0.39 is 0 Å². The first kappa shape index (κ1) is 13.2. The van der Waals surface area contributed by atoms with E-state index in [-0.39, 0.29) is 11.2 Å². The van der Waals surface area contributed by atoms with Crippen LogP contribution in [0.1, 0.15) is 36.3 Å². The molecule has 0 atom stereocenters. The van der Waals surface area contributed by atoms with Crippen LogP contribution in [0.3, 0.4) is 0 Å². The number of aromatic nitrogens is 3. The second kappa shape index (κ2) is 4.50. The Morgan fingerprint density at radius 2 is 1.86 bits per heavy atom. The minimum Gasteiger partial charge on any atom is -0.294 e. The Morgan fingerprint density at radius 1 is 1.09 bits per heavy atom. The summed E-state index contributed by atoms with van der Waals surface area (Å²) >= 11 is 0. The van der Waals surface area contributed by atoms with E-state index in [1.807, 2.05) is 42.7 Å². The van der Waals surface area contributed by atoms with Gasteiger partial charge < -0.3 is 0 Å². The lowest BCUT2D eigenvalue weighted by Crippen LogP contribution is -2.28. The molecule has 0 aliphatic heterocycles. The molecule has 110 valence electrons. The van der Waals surface area contributed by atoms with E-state index in [1.165, 1.54) is 0 Å². The molecule has 0 spiro atoms. The highest BCUT2D eigenvalue weighted by Gasteiger charge is 2.32. The molecule has 0 saturated heterocycles. The van der Waals surface area contributed by atoms with Gasteiger partial charge in [0.05, 0.1) is 17.5 Å². The highest BCUT2D eigenvalue weighted by Crippen LogP contribution is 2.34. The molecule has 1 aliphatic rings. The van der Waals surface area contributed by atoms with Gasteiger partial charge in [-0.25, -0.2) is 9.50 Å². The second-order valence-electron chi connectivity index (χ2n) is 6.73. The third kappa shape index (κ3) is 2.03. The average molecular weight is 291 g/mol. The molecule has 0 radical (unpaired) electrons. The van der Waals surface area contributed by atoms with E-state index in [1.54, 1.807) is 4.52 Å². The molecular weight excluding hydrogens is 274 g/mol. The van der Waals surface area contributed by atoms with Gasteiger partial charge in [0.1, 0.15) is 0 Å². The van der Waals surface area contributed by atoms with E-state index in [0.717, 1.165) is 34.5 Å². The van der Waals surface area contributed by atoms with Gasteiger partial charge in [-0.3, -0.25) is 4.79 Å². The molecule has 4 heteroatoms. The van der Waals surface area contributed by atoms with Crippen molar-refractivity contribution in [2.75, 3.05) is 0 Å². The monoisotopic (exact) mass is 291 g/mol. The summed E-state index contributed by atoms with van der Waals surface area (Å²) in [7, 11) is 0. The molecule has 0 amide bonds. The summed E-state index contributed by atoms with van der Waals surface area (Å²) in [5.74, 6) is 0.164. The van der Waals surface area contributed by atoms with Crippen molar-refractivity contribution in [3.63, 3.8) is 0 Å². The topological polar surface area (TPSA) is 47.3 Å². The fraction of sp³-hybridized carbons (Fsp3) is 0.278. The smallest absolute Gasteiger partial charge is 0.166 e. The van der Waals surface area contributed by atoms with Crippen molar-refractivity contribution in [2.24, 2.45) is 5.41 Å². The number of benzene rings is 1. The Morgan fingerprint density at radius 3 is 2.64 bits per heavy atom. The van der Waals surface area contributed by atoms with Gasteiger partial charge in [-0.15, -0.1) is 0 Å². The van der Waals surface area contributed by atoms with Crippen molar-refractivity contribution in [3.05, 3.63) is 54.0 Å². The predicted molar refractivity (Wildman–Crippen MR) is 84.9 cm³/mol. The summed E-state index contributed by atoms with van der Waals surface area (Å²) in [4.78, 5) is 17.1. The van der Waals surface area contributed by atoms with Crippen molar-refractivity contribution in [2.45, 2.75) is 26.7 Å². The third-order valence-electron chi connectivity index (χ3n) is 4.24. The lowest BCUT2D eigenvalue weighted by molar-refractivity contribution is 0.0909. The number of Topliss-reactive ketones (excluding diaryl/α,β-unsaturated/α-hetero) is 1. The third-order valence-corrected chi connectivity index (χ3v) is 4.24. The Hall–Kier alpha value is -2.49. The molecule has 4 rings (SSSR count). The molecule has 1 aromatic carbocycles. The maximum Gasteiger partial charge on any atom is 0.166 e. The van der Waals surface area contributed by atoms with Gasteiger partial charge in [0.2, 0.25) is 0 Å². The van der Waals surface area contributed by atoms with Crippen LogP contribution in [0.5, 0.6) is 0 Å². The average Bonchev–Trinajstić information content (AvgIpc) is 2.88. The van der Waals surface area contributed by atoms with Gasteiger partial charge in [-0.2, -0.15) is 5.10 Å². The molecule has 2 aromatic heterocycles. The molecule has 0 bridgehead atoms. The molecule has 0 N–H and O–H groups in total.